The maximum atomic E-state index is 12.6. The molecule has 0 saturated heterocycles. The second-order valence-corrected chi connectivity index (χ2v) is 7.63. The molecule has 0 radical (unpaired) electrons. The minimum atomic E-state index is -1.04. The minimum absolute atomic E-state index is 0.128. The highest BCUT2D eigenvalue weighted by Crippen LogP contribution is 2.24. The Labute approximate surface area is 169 Å². The Balaban J connectivity index is 2.27. The number of ketones is 1. The van der Waals surface area contributed by atoms with Gasteiger partial charge in [0.25, 0.3) is 5.91 Å². The lowest BCUT2D eigenvalue weighted by Gasteiger charge is -2.13. The number of carboxylic acid groups (broad SMARTS) is 1. The number of aliphatic carboxylic acids is 1. The third kappa shape index (κ3) is 3.90. The predicted molar refractivity (Wildman–Crippen MR) is 108 cm³/mol. The van der Waals surface area contributed by atoms with Crippen molar-refractivity contribution in [2.24, 2.45) is 4.99 Å². The molecule has 1 atom stereocenters. The fourth-order valence-electron chi connectivity index (χ4n) is 2.88. The van der Waals surface area contributed by atoms with Crippen molar-refractivity contribution >= 4 is 50.8 Å². The number of halogens is 1. The van der Waals surface area contributed by atoms with E-state index in [-0.39, 0.29) is 10.6 Å². The topological polar surface area (TPSA) is 88.7 Å². The van der Waals surface area contributed by atoms with Crippen LogP contribution in [0.4, 0.5) is 0 Å². The third-order valence-corrected chi connectivity index (χ3v) is 5.56. The van der Waals surface area contributed by atoms with Gasteiger partial charge in [-0.15, -0.1) is 0 Å². The molecule has 0 fully saturated rings. The van der Waals surface area contributed by atoms with Gasteiger partial charge >= 0.3 is 5.97 Å². The van der Waals surface area contributed by atoms with E-state index in [9.17, 15) is 19.5 Å². The number of carbonyl (C=O) groups is 3. The zero-order valence-electron chi connectivity index (χ0n) is 15.2. The average Bonchev–Trinajstić information content (AvgIpc) is 2.99. The number of rotatable bonds is 5. The fourth-order valence-corrected chi connectivity index (χ4v) is 4.12. The van der Waals surface area contributed by atoms with Crippen LogP contribution in [0.25, 0.3) is 10.2 Å². The molecule has 1 unspecified atom stereocenters. The average molecular weight is 417 g/mol. The van der Waals surface area contributed by atoms with Crippen molar-refractivity contribution in [3.05, 3.63) is 63.4 Å². The number of aromatic nitrogens is 1. The molecule has 2 aromatic carbocycles. The molecule has 0 aliphatic heterocycles. The van der Waals surface area contributed by atoms with Gasteiger partial charge in [0, 0.05) is 16.1 Å². The lowest BCUT2D eigenvalue weighted by atomic mass is 10.1. The van der Waals surface area contributed by atoms with Gasteiger partial charge in [-0.3, -0.25) is 9.59 Å². The van der Waals surface area contributed by atoms with E-state index in [2.05, 4.69) is 4.99 Å². The van der Waals surface area contributed by atoms with Gasteiger partial charge in [-0.25, -0.2) is 4.79 Å². The second-order valence-electron chi connectivity index (χ2n) is 6.18. The molecule has 0 aliphatic rings. The first kappa shape index (κ1) is 20.0. The summed E-state index contributed by atoms with van der Waals surface area (Å²) < 4.78 is 2.25. The van der Waals surface area contributed by atoms with Crippen LogP contribution < -0.4 is 4.80 Å². The molecule has 0 saturated carbocycles. The monoisotopic (exact) mass is 416 g/mol. The summed E-state index contributed by atoms with van der Waals surface area (Å²) in [6.07, 6.45) is 0.296. The van der Waals surface area contributed by atoms with Crippen LogP contribution in [0.3, 0.4) is 0 Å². The minimum Gasteiger partial charge on any atom is -0.480 e. The summed E-state index contributed by atoms with van der Waals surface area (Å²) in [5, 5.41) is 10.1. The predicted octanol–water partition coefficient (Wildman–Crippen LogP) is 4.34. The summed E-state index contributed by atoms with van der Waals surface area (Å²) in [6, 6.07) is 10.5. The molecule has 1 amide bonds. The van der Waals surface area contributed by atoms with Gasteiger partial charge in [-0.05, 0) is 49.7 Å². The largest absolute Gasteiger partial charge is 0.480 e. The number of carboxylic acids is 1. The summed E-state index contributed by atoms with van der Waals surface area (Å²) in [6.45, 7) is 3.19. The zero-order valence-corrected chi connectivity index (χ0v) is 16.8. The number of nitrogens with zero attached hydrogens (tertiary/aromatic N) is 2. The van der Waals surface area contributed by atoms with Crippen molar-refractivity contribution in [2.45, 2.75) is 26.3 Å². The van der Waals surface area contributed by atoms with Crippen molar-refractivity contribution in [1.29, 1.82) is 0 Å². The molecular weight excluding hydrogens is 400 g/mol. The molecular formula is C20H17ClN2O4S. The lowest BCUT2D eigenvalue weighted by Crippen LogP contribution is -2.27. The highest BCUT2D eigenvalue weighted by atomic mass is 35.5. The summed E-state index contributed by atoms with van der Waals surface area (Å²) >= 11 is 7.14. The molecule has 8 heteroatoms. The molecule has 144 valence electrons. The highest BCUT2D eigenvalue weighted by molar-refractivity contribution is 7.16. The molecule has 3 rings (SSSR count). The molecule has 1 N–H and O–H groups in total. The van der Waals surface area contributed by atoms with Crippen molar-refractivity contribution in [3.8, 4) is 0 Å². The maximum Gasteiger partial charge on any atom is 0.326 e. The van der Waals surface area contributed by atoms with Crippen molar-refractivity contribution in [1.82, 2.24) is 4.57 Å². The van der Waals surface area contributed by atoms with Crippen LogP contribution in [0, 0.1) is 0 Å². The Morgan fingerprint density at radius 2 is 1.93 bits per heavy atom. The van der Waals surface area contributed by atoms with E-state index >= 15 is 0 Å². The molecule has 0 spiro atoms. The Morgan fingerprint density at radius 3 is 2.54 bits per heavy atom. The van der Waals surface area contributed by atoms with E-state index in [1.807, 2.05) is 0 Å². The summed E-state index contributed by atoms with van der Waals surface area (Å²) in [5.41, 5.74) is 1.33. The first-order valence-corrected chi connectivity index (χ1v) is 9.74. The summed E-state index contributed by atoms with van der Waals surface area (Å²) in [5.74, 6) is -1.68. The Morgan fingerprint density at radius 1 is 1.18 bits per heavy atom. The van der Waals surface area contributed by atoms with Crippen LogP contribution >= 0.6 is 22.9 Å². The number of fused-ring (bicyclic) bond motifs is 1. The summed E-state index contributed by atoms with van der Waals surface area (Å²) in [4.78, 5) is 40.6. The Kier molecular flexibility index (Phi) is 5.76. The highest BCUT2D eigenvalue weighted by Gasteiger charge is 2.22. The number of carbonyl (C=O) groups excluding carboxylic acids is 2. The number of hydrogen-bond acceptors (Lipinski definition) is 4. The van der Waals surface area contributed by atoms with Crippen LogP contribution in [0.15, 0.2) is 47.5 Å². The van der Waals surface area contributed by atoms with Gasteiger partial charge in [-0.2, -0.15) is 4.99 Å². The lowest BCUT2D eigenvalue weighted by molar-refractivity contribution is -0.140. The first-order chi connectivity index (χ1) is 13.3. The van der Waals surface area contributed by atoms with Gasteiger partial charge < -0.3 is 9.67 Å². The van der Waals surface area contributed by atoms with Gasteiger partial charge in [0.15, 0.2) is 10.6 Å². The van der Waals surface area contributed by atoms with Crippen molar-refractivity contribution < 1.29 is 19.5 Å². The van der Waals surface area contributed by atoms with Crippen LogP contribution in [0.1, 0.15) is 47.0 Å². The van der Waals surface area contributed by atoms with Crippen LogP contribution in [0.5, 0.6) is 0 Å². The molecule has 1 aromatic heterocycles. The molecule has 3 aromatic rings. The van der Waals surface area contributed by atoms with Crippen LogP contribution in [-0.4, -0.2) is 27.3 Å². The van der Waals surface area contributed by atoms with Crippen LogP contribution in [-0.2, 0) is 4.79 Å². The normalized spacial score (nSPS) is 12.9. The smallest absolute Gasteiger partial charge is 0.326 e. The van der Waals surface area contributed by atoms with E-state index < -0.39 is 17.9 Å². The van der Waals surface area contributed by atoms with E-state index in [0.29, 0.717) is 28.1 Å². The fraction of sp³-hybridized carbons (Fsp3) is 0.200. The SMILES string of the molecule is CCC(C(=O)O)n1/c(=N/C(=O)c2cccc(Cl)c2)sc2ccc(C(C)=O)cc21. The Hall–Kier alpha value is -2.77. The van der Waals surface area contributed by atoms with E-state index in [4.69, 9.17) is 11.6 Å². The Bertz CT molecular complexity index is 1160. The van der Waals surface area contributed by atoms with Gasteiger partial charge in [0.2, 0.25) is 0 Å². The van der Waals surface area contributed by atoms with E-state index in [1.54, 1.807) is 43.3 Å². The van der Waals surface area contributed by atoms with Crippen LogP contribution in [0.2, 0.25) is 5.02 Å². The number of Topliss-reactive ketones (excluding diaryl/α,β-unsaturated/α-hetero) is 1. The number of thiazole rings is 1. The molecule has 0 aliphatic carbocycles. The second kappa shape index (κ2) is 8.08. The summed E-state index contributed by atoms with van der Waals surface area (Å²) in [7, 11) is 0. The van der Waals surface area contributed by atoms with Crippen molar-refractivity contribution in [2.75, 3.05) is 0 Å². The number of amides is 1. The van der Waals surface area contributed by atoms with Gasteiger partial charge in [-0.1, -0.05) is 35.9 Å². The zero-order chi connectivity index (χ0) is 20.4. The van der Waals surface area contributed by atoms with E-state index in [0.717, 1.165) is 4.70 Å². The maximum absolute atomic E-state index is 12.6. The first-order valence-electron chi connectivity index (χ1n) is 8.55. The molecule has 6 nitrogen and oxygen atoms in total. The van der Waals surface area contributed by atoms with Gasteiger partial charge in [0.1, 0.15) is 6.04 Å². The molecule has 1 heterocycles. The molecule has 0 bridgehead atoms. The third-order valence-electron chi connectivity index (χ3n) is 4.28. The van der Waals surface area contributed by atoms with E-state index in [1.165, 1.54) is 28.9 Å². The van der Waals surface area contributed by atoms with Gasteiger partial charge in [0.05, 0.1) is 10.2 Å². The molecule has 28 heavy (non-hydrogen) atoms. The number of hydrogen-bond donors (Lipinski definition) is 1. The number of benzene rings is 2. The quantitative estimate of drug-likeness (QED) is 0.626. The van der Waals surface area contributed by atoms with Crippen molar-refractivity contribution in [3.63, 3.8) is 0 Å². The standard InChI is InChI=1S/C20H17ClN2O4S/c1-3-15(19(26)27)23-16-10-12(11(2)24)7-8-17(16)28-20(23)22-18(25)13-5-4-6-14(21)9-13/h4-10,15H,3H2,1-2H3,(H,26,27)/b22-20-.